The first-order valence-electron chi connectivity index (χ1n) is 7.70. The van der Waals surface area contributed by atoms with Crippen LogP contribution in [0.1, 0.15) is 41.5 Å². The third kappa shape index (κ3) is 13.6. The molecule has 0 amide bonds. The van der Waals surface area contributed by atoms with Gasteiger partial charge in [0.05, 0.1) is 0 Å². The minimum Gasteiger partial charge on any atom is -0.394 e. The van der Waals surface area contributed by atoms with E-state index in [4.69, 9.17) is 26.6 Å². The highest BCUT2D eigenvalue weighted by molar-refractivity contribution is 6.53. The van der Waals surface area contributed by atoms with Crippen molar-refractivity contribution >= 4 is 18.3 Å². The molecule has 8 heteroatoms. The molecule has 0 fully saturated rings. The second kappa shape index (κ2) is 16.6. The Labute approximate surface area is 133 Å². The van der Waals surface area contributed by atoms with E-state index in [1.165, 1.54) is 0 Å². The van der Waals surface area contributed by atoms with E-state index in [1.54, 1.807) is 0 Å². The molecule has 0 aromatic carbocycles. The lowest BCUT2D eigenvalue weighted by atomic mass is 10.9. The number of rotatable bonds is 12. The summed E-state index contributed by atoms with van der Waals surface area (Å²) in [4.78, 5) is 0. The van der Waals surface area contributed by atoms with Gasteiger partial charge in [0, 0.05) is 39.6 Å². The van der Waals surface area contributed by atoms with Crippen molar-refractivity contribution in [2.45, 2.75) is 48.1 Å². The minimum atomic E-state index is -2.80. The summed E-state index contributed by atoms with van der Waals surface area (Å²) >= 11 is 0. The summed E-state index contributed by atoms with van der Waals surface area (Å²) in [5, 5.41) is 0. The third-order valence-corrected chi connectivity index (χ3v) is 5.94. The van der Waals surface area contributed by atoms with Gasteiger partial charge < -0.3 is 26.6 Å². The van der Waals surface area contributed by atoms with Crippen molar-refractivity contribution in [1.29, 1.82) is 0 Å². The lowest BCUT2D eigenvalue weighted by Gasteiger charge is -2.26. The van der Waals surface area contributed by atoms with E-state index in [0.717, 1.165) is 13.2 Å². The van der Waals surface area contributed by atoms with E-state index < -0.39 is 18.3 Å². The summed E-state index contributed by atoms with van der Waals surface area (Å²) in [5.74, 6) is 0. The van der Waals surface area contributed by atoms with Gasteiger partial charge in [0.15, 0.2) is 0 Å². The molecule has 0 saturated carbocycles. The van der Waals surface area contributed by atoms with Crippen molar-refractivity contribution in [1.82, 2.24) is 0 Å². The summed E-state index contributed by atoms with van der Waals surface area (Å²) in [5.41, 5.74) is 0. The zero-order valence-electron chi connectivity index (χ0n) is 14.7. The molecule has 0 N–H and O–H groups in total. The Balaban J connectivity index is 0. The van der Waals surface area contributed by atoms with Crippen LogP contribution in [0.2, 0.25) is 6.55 Å². The lowest BCUT2D eigenvalue weighted by Crippen LogP contribution is -2.49. The molecule has 0 saturated heterocycles. The Kier molecular flexibility index (Phi) is 18.5. The molecule has 0 spiro atoms. The second-order valence-electron chi connectivity index (χ2n) is 3.59. The maximum atomic E-state index is 5.42. The highest BCUT2D eigenvalue weighted by Crippen LogP contribution is 2.11. The third-order valence-electron chi connectivity index (χ3n) is 1.98. The molecule has 0 aromatic rings. The predicted octanol–water partition coefficient (Wildman–Crippen LogP) is 2.75. The molecule has 0 rings (SSSR count). The van der Waals surface area contributed by atoms with Gasteiger partial charge in [-0.05, 0) is 48.1 Å². The maximum Gasteiger partial charge on any atom is 0.679 e. The van der Waals surface area contributed by atoms with E-state index in [9.17, 15) is 0 Å². The smallest absolute Gasteiger partial charge is 0.394 e. The monoisotopic (exact) mass is 341 g/mol. The SMILES string of the molecule is CCO[Si](C)OCC.CCO[Si](OCC)(OCC)OCC. The van der Waals surface area contributed by atoms with E-state index in [1.807, 2.05) is 48.1 Å². The molecule has 0 unspecified atom stereocenters. The fourth-order valence-electron chi connectivity index (χ4n) is 1.41. The summed E-state index contributed by atoms with van der Waals surface area (Å²) < 4.78 is 32.0. The molecule has 1 radical (unpaired) electrons. The first-order valence-corrected chi connectivity index (χ1v) is 11.1. The quantitative estimate of drug-likeness (QED) is 0.509. The van der Waals surface area contributed by atoms with E-state index in [2.05, 4.69) is 0 Å². The standard InChI is InChI=1S/C8H20O4Si.C5H13O2Si/c1-5-9-13(10-6-2,11-7-3)12-8-4;1-4-6-8(3)7-5-2/h5-8H2,1-4H3;4-5H2,1-3H3. The van der Waals surface area contributed by atoms with Gasteiger partial charge in [-0.1, -0.05) is 0 Å². The predicted molar refractivity (Wildman–Crippen MR) is 87.1 cm³/mol. The molecule has 21 heavy (non-hydrogen) atoms. The van der Waals surface area contributed by atoms with Crippen LogP contribution in [-0.4, -0.2) is 58.0 Å². The molecule has 0 aromatic heterocycles. The van der Waals surface area contributed by atoms with Gasteiger partial charge in [0.25, 0.3) is 0 Å². The van der Waals surface area contributed by atoms with Crippen LogP contribution in [0.25, 0.3) is 0 Å². The van der Waals surface area contributed by atoms with Crippen molar-refractivity contribution in [3.05, 3.63) is 0 Å². The van der Waals surface area contributed by atoms with E-state index in [0.29, 0.717) is 26.4 Å². The Morgan fingerprint density at radius 2 is 0.857 bits per heavy atom. The summed E-state index contributed by atoms with van der Waals surface area (Å²) in [7, 11) is -3.69. The molecule has 0 aliphatic carbocycles. The van der Waals surface area contributed by atoms with Gasteiger partial charge in [-0.25, -0.2) is 0 Å². The van der Waals surface area contributed by atoms with Gasteiger partial charge in [-0.15, -0.1) is 0 Å². The Hall–Kier alpha value is 0.194. The molecule has 0 heterocycles. The van der Waals surface area contributed by atoms with Crippen LogP contribution in [-0.2, 0) is 26.6 Å². The first kappa shape index (κ1) is 23.5. The molecule has 0 atom stereocenters. The first-order chi connectivity index (χ1) is 10.1. The molecular weight excluding hydrogens is 308 g/mol. The van der Waals surface area contributed by atoms with Crippen LogP contribution in [0.5, 0.6) is 0 Å². The lowest BCUT2D eigenvalue weighted by molar-refractivity contribution is -0.0247. The average molecular weight is 342 g/mol. The fourth-order valence-corrected chi connectivity index (χ4v) is 4.22. The van der Waals surface area contributed by atoms with E-state index in [-0.39, 0.29) is 0 Å². The molecule has 129 valence electrons. The molecule has 6 nitrogen and oxygen atoms in total. The highest BCUT2D eigenvalue weighted by Gasteiger charge is 2.44. The number of hydrogen-bond acceptors (Lipinski definition) is 6. The normalized spacial score (nSPS) is 11.4. The zero-order valence-corrected chi connectivity index (χ0v) is 16.7. The molecule has 0 bridgehead atoms. The topological polar surface area (TPSA) is 55.4 Å². The number of hydrogen-bond donors (Lipinski definition) is 0. The van der Waals surface area contributed by atoms with Crippen molar-refractivity contribution in [3.8, 4) is 0 Å². The summed E-state index contributed by atoms with van der Waals surface area (Å²) in [6, 6.07) is 0. The molecule has 0 aliphatic rings. The van der Waals surface area contributed by atoms with Crippen molar-refractivity contribution in [2.75, 3.05) is 39.6 Å². The zero-order chi connectivity index (χ0) is 16.6. The van der Waals surface area contributed by atoms with Gasteiger partial charge in [0.1, 0.15) is 0 Å². The fraction of sp³-hybridized carbons (Fsp3) is 1.00. The Morgan fingerprint density at radius 3 is 1.05 bits per heavy atom. The second-order valence-corrected chi connectivity index (χ2v) is 7.30. The van der Waals surface area contributed by atoms with Gasteiger partial charge in [0.2, 0.25) is 0 Å². The average Bonchev–Trinajstić information content (AvgIpc) is 2.41. The van der Waals surface area contributed by atoms with E-state index >= 15 is 0 Å². The largest absolute Gasteiger partial charge is 0.679 e. The van der Waals surface area contributed by atoms with Crippen LogP contribution in [0.4, 0.5) is 0 Å². The van der Waals surface area contributed by atoms with Crippen molar-refractivity contribution < 1.29 is 26.6 Å². The van der Waals surface area contributed by atoms with Crippen LogP contribution in [0.3, 0.4) is 0 Å². The summed E-state index contributed by atoms with van der Waals surface area (Å²) in [6.07, 6.45) is 0. The van der Waals surface area contributed by atoms with Gasteiger partial charge in [-0.2, -0.15) is 0 Å². The maximum absolute atomic E-state index is 5.42. The highest BCUT2D eigenvalue weighted by atomic mass is 28.4. The summed E-state index contributed by atoms with van der Waals surface area (Å²) in [6.45, 7) is 17.3. The van der Waals surface area contributed by atoms with Crippen LogP contribution < -0.4 is 0 Å². The Bertz CT molecular complexity index is 174. The Morgan fingerprint density at radius 1 is 0.571 bits per heavy atom. The van der Waals surface area contributed by atoms with Crippen LogP contribution in [0, 0.1) is 0 Å². The minimum absolute atomic E-state index is 0.548. The van der Waals surface area contributed by atoms with Gasteiger partial charge >= 0.3 is 18.3 Å². The van der Waals surface area contributed by atoms with Crippen molar-refractivity contribution in [3.63, 3.8) is 0 Å². The van der Waals surface area contributed by atoms with Crippen LogP contribution >= 0.6 is 0 Å². The molecule has 0 aliphatic heterocycles. The molecular formula is C13H33O6Si2. The van der Waals surface area contributed by atoms with Crippen LogP contribution in [0.15, 0.2) is 0 Å². The van der Waals surface area contributed by atoms with Crippen molar-refractivity contribution in [2.24, 2.45) is 0 Å². The van der Waals surface area contributed by atoms with Gasteiger partial charge in [-0.3, -0.25) is 0 Å².